The monoisotopic (exact) mass is 407 g/mol. The van der Waals surface area contributed by atoms with Crippen molar-refractivity contribution >= 4 is 11.4 Å². The van der Waals surface area contributed by atoms with Crippen molar-refractivity contribution in [3.63, 3.8) is 0 Å². The van der Waals surface area contributed by atoms with Crippen LogP contribution in [0.4, 0.5) is 11.4 Å². The second-order valence-electron chi connectivity index (χ2n) is 8.64. The fourth-order valence-corrected chi connectivity index (χ4v) is 5.87. The zero-order valence-electron chi connectivity index (χ0n) is 17.5. The van der Waals surface area contributed by atoms with Gasteiger partial charge < -0.3 is 5.32 Å². The van der Waals surface area contributed by atoms with Gasteiger partial charge in [0, 0.05) is 11.4 Å². The summed E-state index contributed by atoms with van der Waals surface area (Å²) in [7, 11) is 0. The lowest BCUT2D eigenvalue weighted by molar-refractivity contribution is 0.794. The van der Waals surface area contributed by atoms with Crippen LogP contribution in [0.2, 0.25) is 0 Å². The summed E-state index contributed by atoms with van der Waals surface area (Å²) in [4.78, 5) is 0. The molecule has 0 radical (unpaired) electrons. The average Bonchev–Trinajstić information content (AvgIpc) is 3.32. The Balaban J connectivity index is 1.53. The Hall–Kier alpha value is -4.10. The van der Waals surface area contributed by atoms with Gasteiger partial charge in [0.25, 0.3) is 0 Å². The molecule has 1 nitrogen and oxygen atoms in total. The number of para-hydroxylation sites is 1. The smallest absolute Gasteiger partial charge is 0.0725 e. The van der Waals surface area contributed by atoms with Gasteiger partial charge in [-0.3, -0.25) is 0 Å². The number of hydrogen-bond donors (Lipinski definition) is 1. The van der Waals surface area contributed by atoms with Gasteiger partial charge in [-0.15, -0.1) is 0 Å². The van der Waals surface area contributed by atoms with E-state index in [1.54, 1.807) is 0 Å². The van der Waals surface area contributed by atoms with Gasteiger partial charge in [-0.1, -0.05) is 97.1 Å². The molecule has 0 heterocycles. The third-order valence-electron chi connectivity index (χ3n) is 7.06. The molecule has 150 valence electrons. The van der Waals surface area contributed by atoms with Gasteiger partial charge >= 0.3 is 0 Å². The van der Waals surface area contributed by atoms with Crippen molar-refractivity contribution in [1.29, 1.82) is 0 Å². The molecule has 0 saturated carbocycles. The second-order valence-corrected chi connectivity index (χ2v) is 8.64. The molecular formula is C31H21N. The molecule has 0 atom stereocenters. The van der Waals surface area contributed by atoms with Crippen LogP contribution in [0, 0.1) is 0 Å². The maximum atomic E-state index is 3.58. The van der Waals surface area contributed by atoms with Crippen LogP contribution in [0.15, 0.2) is 121 Å². The Morgan fingerprint density at radius 1 is 0.375 bits per heavy atom. The summed E-state index contributed by atoms with van der Waals surface area (Å²) in [6, 6.07) is 44.0. The van der Waals surface area contributed by atoms with Gasteiger partial charge in [0.1, 0.15) is 0 Å². The van der Waals surface area contributed by atoms with Crippen molar-refractivity contribution in [2.75, 3.05) is 5.32 Å². The van der Waals surface area contributed by atoms with Gasteiger partial charge in [-0.05, 0) is 68.8 Å². The van der Waals surface area contributed by atoms with Gasteiger partial charge in [0.15, 0.2) is 0 Å². The van der Waals surface area contributed by atoms with E-state index in [2.05, 4.69) is 121 Å². The molecule has 1 heteroatoms. The fraction of sp³-hybridized carbons (Fsp3) is 0.0323. The van der Waals surface area contributed by atoms with Crippen molar-refractivity contribution < 1.29 is 0 Å². The Labute approximate surface area is 188 Å². The summed E-state index contributed by atoms with van der Waals surface area (Å²) in [5.74, 6) is 0. The Kier molecular flexibility index (Phi) is 3.54. The van der Waals surface area contributed by atoms with E-state index in [1.807, 2.05) is 6.07 Å². The summed E-state index contributed by atoms with van der Waals surface area (Å²) >= 11 is 0. The number of anilines is 2. The molecule has 0 aliphatic heterocycles. The average molecular weight is 408 g/mol. The molecule has 0 aromatic heterocycles. The minimum atomic E-state index is -0.260. The van der Waals surface area contributed by atoms with Crippen molar-refractivity contribution in [2.24, 2.45) is 0 Å². The minimum Gasteiger partial charge on any atom is -0.356 e. The Morgan fingerprint density at radius 2 is 0.844 bits per heavy atom. The van der Waals surface area contributed by atoms with Crippen LogP contribution < -0.4 is 5.32 Å². The summed E-state index contributed by atoms with van der Waals surface area (Å²) in [5, 5.41) is 3.58. The molecule has 0 unspecified atom stereocenters. The maximum absolute atomic E-state index is 3.58. The maximum Gasteiger partial charge on any atom is 0.0725 e. The summed E-state index contributed by atoms with van der Waals surface area (Å²) in [6.07, 6.45) is 0. The normalized spacial score (nSPS) is 13.9. The van der Waals surface area contributed by atoms with Crippen molar-refractivity contribution in [3.05, 3.63) is 144 Å². The number of hydrogen-bond acceptors (Lipinski definition) is 1. The van der Waals surface area contributed by atoms with E-state index in [-0.39, 0.29) is 5.41 Å². The predicted octanol–water partition coefficient (Wildman–Crippen LogP) is 7.77. The van der Waals surface area contributed by atoms with Crippen LogP contribution in [0.5, 0.6) is 0 Å². The van der Waals surface area contributed by atoms with Gasteiger partial charge in [-0.25, -0.2) is 0 Å². The molecule has 0 bridgehead atoms. The molecule has 1 spiro atoms. The second kappa shape index (κ2) is 6.45. The van der Waals surface area contributed by atoms with E-state index < -0.39 is 0 Å². The number of nitrogens with one attached hydrogen (secondary N) is 1. The molecule has 5 aromatic carbocycles. The van der Waals surface area contributed by atoms with Crippen LogP contribution in [-0.4, -0.2) is 0 Å². The van der Waals surface area contributed by atoms with Gasteiger partial charge in [0.05, 0.1) is 5.41 Å². The van der Waals surface area contributed by atoms with Crippen LogP contribution in [-0.2, 0) is 5.41 Å². The van der Waals surface area contributed by atoms with Crippen LogP contribution in [0.3, 0.4) is 0 Å². The number of rotatable bonds is 2. The topological polar surface area (TPSA) is 12.0 Å². The largest absolute Gasteiger partial charge is 0.356 e. The number of benzene rings is 5. The fourth-order valence-electron chi connectivity index (χ4n) is 5.87. The van der Waals surface area contributed by atoms with E-state index in [9.17, 15) is 0 Å². The first kappa shape index (κ1) is 17.6. The van der Waals surface area contributed by atoms with E-state index in [1.165, 1.54) is 44.5 Å². The first-order chi connectivity index (χ1) is 15.9. The summed E-state index contributed by atoms with van der Waals surface area (Å²) < 4.78 is 0. The Bertz CT molecular complexity index is 1450. The summed E-state index contributed by atoms with van der Waals surface area (Å²) in [5.41, 5.74) is 12.8. The third kappa shape index (κ3) is 2.18. The van der Waals surface area contributed by atoms with E-state index >= 15 is 0 Å². The van der Waals surface area contributed by atoms with Crippen molar-refractivity contribution in [2.45, 2.75) is 5.41 Å². The van der Waals surface area contributed by atoms with Crippen LogP contribution >= 0.6 is 0 Å². The van der Waals surface area contributed by atoms with Gasteiger partial charge in [-0.2, -0.15) is 0 Å². The molecule has 0 saturated heterocycles. The molecule has 32 heavy (non-hydrogen) atoms. The molecule has 5 aromatic rings. The van der Waals surface area contributed by atoms with E-state index in [4.69, 9.17) is 0 Å². The highest BCUT2D eigenvalue weighted by molar-refractivity contribution is 5.95. The highest BCUT2D eigenvalue weighted by Crippen LogP contribution is 2.62. The van der Waals surface area contributed by atoms with E-state index in [0.29, 0.717) is 0 Å². The third-order valence-corrected chi connectivity index (χ3v) is 7.06. The zero-order chi connectivity index (χ0) is 21.1. The van der Waals surface area contributed by atoms with Crippen molar-refractivity contribution in [1.82, 2.24) is 0 Å². The lowest BCUT2D eigenvalue weighted by Crippen LogP contribution is -2.25. The van der Waals surface area contributed by atoms with E-state index in [0.717, 1.165) is 11.4 Å². The molecule has 2 aliphatic rings. The number of fused-ring (bicyclic) bond motifs is 10. The molecule has 7 rings (SSSR count). The first-order valence-electron chi connectivity index (χ1n) is 11.1. The zero-order valence-corrected chi connectivity index (χ0v) is 17.5. The lowest BCUT2D eigenvalue weighted by atomic mass is 9.70. The van der Waals surface area contributed by atoms with Crippen LogP contribution in [0.1, 0.15) is 22.3 Å². The molecule has 0 fully saturated rings. The van der Waals surface area contributed by atoms with Gasteiger partial charge in [0.2, 0.25) is 0 Å². The minimum absolute atomic E-state index is 0.260. The highest BCUT2D eigenvalue weighted by Gasteiger charge is 2.51. The SMILES string of the molecule is c1ccc(Nc2ccc3c(c2)-c2ccccc2C32c3ccccc3-c3ccccc32)cc1. The molecule has 0 amide bonds. The quantitative estimate of drug-likeness (QED) is 0.309. The molecule has 2 aliphatic carbocycles. The summed E-state index contributed by atoms with van der Waals surface area (Å²) in [6.45, 7) is 0. The van der Waals surface area contributed by atoms with Crippen LogP contribution in [0.25, 0.3) is 22.3 Å². The first-order valence-corrected chi connectivity index (χ1v) is 11.1. The van der Waals surface area contributed by atoms with Crippen molar-refractivity contribution in [3.8, 4) is 22.3 Å². The highest BCUT2D eigenvalue weighted by atomic mass is 14.9. The molecule has 1 N–H and O–H groups in total. The lowest BCUT2D eigenvalue weighted by Gasteiger charge is -2.30. The Morgan fingerprint density at radius 3 is 1.44 bits per heavy atom. The standard InChI is InChI=1S/C31H21N/c1-2-10-21(11-3-1)32-22-18-19-30-26(20-22)25-14-6-9-17-29(25)31(30)27-15-7-4-12-23(27)24-13-5-8-16-28(24)31/h1-20,32H. The predicted molar refractivity (Wildman–Crippen MR) is 132 cm³/mol. The molecular weight excluding hydrogens is 386 g/mol.